The Labute approximate surface area is 176 Å². The zero-order valence-corrected chi connectivity index (χ0v) is 18.4. The lowest BCUT2D eigenvalue weighted by Gasteiger charge is -2.32. The molecule has 5 heteroatoms. The lowest BCUT2D eigenvalue weighted by Crippen LogP contribution is -2.51. The van der Waals surface area contributed by atoms with E-state index in [-0.39, 0.29) is 17.9 Å². The number of rotatable bonds is 9. The lowest BCUT2D eigenvalue weighted by molar-refractivity contribution is -0.141. The van der Waals surface area contributed by atoms with Crippen LogP contribution >= 0.6 is 15.9 Å². The highest BCUT2D eigenvalue weighted by Gasteiger charge is 2.30. The van der Waals surface area contributed by atoms with Crippen LogP contribution < -0.4 is 5.32 Å². The minimum atomic E-state index is -0.553. The fourth-order valence-electron chi connectivity index (χ4n) is 3.12. The molecule has 0 saturated carbocycles. The number of benzene rings is 2. The number of carbonyl (C=O) groups is 2. The molecule has 4 nitrogen and oxygen atoms in total. The molecule has 2 amide bonds. The predicted molar refractivity (Wildman–Crippen MR) is 117 cm³/mol. The zero-order valence-electron chi connectivity index (χ0n) is 16.8. The van der Waals surface area contributed by atoms with E-state index in [9.17, 15) is 9.59 Å². The average molecular weight is 445 g/mol. The van der Waals surface area contributed by atoms with Crippen LogP contribution in [0.2, 0.25) is 0 Å². The third-order valence-electron chi connectivity index (χ3n) is 4.41. The topological polar surface area (TPSA) is 49.4 Å². The van der Waals surface area contributed by atoms with Gasteiger partial charge in [-0.3, -0.25) is 9.59 Å². The molecule has 2 aromatic carbocycles. The number of hydrogen-bond acceptors (Lipinski definition) is 2. The highest BCUT2D eigenvalue weighted by molar-refractivity contribution is 9.10. The molecule has 0 radical (unpaired) electrons. The van der Waals surface area contributed by atoms with Crippen molar-refractivity contribution in [3.05, 3.63) is 70.2 Å². The van der Waals surface area contributed by atoms with Crippen LogP contribution in [0.25, 0.3) is 0 Å². The summed E-state index contributed by atoms with van der Waals surface area (Å²) in [5, 5.41) is 3.00. The fourth-order valence-corrected chi connectivity index (χ4v) is 3.57. The van der Waals surface area contributed by atoms with Crippen molar-refractivity contribution >= 4 is 27.7 Å². The van der Waals surface area contributed by atoms with Gasteiger partial charge in [-0.15, -0.1) is 0 Å². The molecule has 0 aliphatic heterocycles. The van der Waals surface area contributed by atoms with Gasteiger partial charge < -0.3 is 10.2 Å². The summed E-state index contributed by atoms with van der Waals surface area (Å²) in [7, 11) is 0. The van der Waals surface area contributed by atoms with E-state index in [1.807, 2.05) is 75.4 Å². The molecule has 0 aliphatic carbocycles. The first-order chi connectivity index (χ1) is 13.4. The molecule has 0 aliphatic rings. The highest BCUT2D eigenvalue weighted by atomic mass is 79.9. The van der Waals surface area contributed by atoms with Crippen LogP contribution in [-0.4, -0.2) is 28.8 Å². The minimum absolute atomic E-state index is 0.00214. The van der Waals surface area contributed by atoms with Crippen LogP contribution in [0.15, 0.2) is 59.1 Å². The van der Waals surface area contributed by atoms with Gasteiger partial charge in [0.15, 0.2) is 0 Å². The Balaban J connectivity index is 2.37. The molecule has 1 atom stereocenters. The smallest absolute Gasteiger partial charge is 0.243 e. The molecule has 150 valence electrons. The lowest BCUT2D eigenvalue weighted by atomic mass is 10.0. The maximum Gasteiger partial charge on any atom is 0.243 e. The molecule has 0 bridgehead atoms. The maximum atomic E-state index is 13.1. The van der Waals surface area contributed by atoms with Crippen LogP contribution in [-0.2, 0) is 22.6 Å². The van der Waals surface area contributed by atoms with E-state index in [0.29, 0.717) is 19.4 Å². The van der Waals surface area contributed by atoms with Gasteiger partial charge in [0.25, 0.3) is 0 Å². The standard InChI is InChI=1S/C23H29BrN2O2/c1-4-9-22(27)26(16-19-12-8-13-20(24)14-19)21(23(28)25-17(2)3)15-18-10-6-5-7-11-18/h5-8,10-14,17,21H,4,9,15-16H2,1-3H3,(H,25,28)/t21-/m0/s1. The Hall–Kier alpha value is -2.14. The molecule has 0 fully saturated rings. The normalized spacial score (nSPS) is 11.9. The van der Waals surface area contributed by atoms with Crippen molar-refractivity contribution in [2.45, 2.75) is 58.7 Å². The average Bonchev–Trinajstić information content (AvgIpc) is 2.65. The van der Waals surface area contributed by atoms with Crippen molar-refractivity contribution < 1.29 is 9.59 Å². The van der Waals surface area contributed by atoms with Crippen LogP contribution in [0.5, 0.6) is 0 Å². The summed E-state index contributed by atoms with van der Waals surface area (Å²) in [5.74, 6) is -0.111. The first kappa shape index (κ1) is 22.2. The molecule has 1 N–H and O–H groups in total. The first-order valence-electron chi connectivity index (χ1n) is 9.79. The fraction of sp³-hybridized carbons (Fsp3) is 0.391. The van der Waals surface area contributed by atoms with Gasteiger partial charge >= 0.3 is 0 Å². The second-order valence-electron chi connectivity index (χ2n) is 7.27. The molecule has 0 heterocycles. The summed E-state index contributed by atoms with van der Waals surface area (Å²) in [4.78, 5) is 27.8. The summed E-state index contributed by atoms with van der Waals surface area (Å²) in [5.41, 5.74) is 2.03. The van der Waals surface area contributed by atoms with Crippen molar-refractivity contribution in [1.82, 2.24) is 10.2 Å². The second kappa shape index (κ2) is 11.0. The summed E-state index contributed by atoms with van der Waals surface area (Å²) in [6.45, 7) is 6.25. The third kappa shape index (κ3) is 6.79. The van der Waals surface area contributed by atoms with Crippen molar-refractivity contribution in [3.63, 3.8) is 0 Å². The van der Waals surface area contributed by atoms with Gasteiger partial charge in [-0.1, -0.05) is 65.3 Å². The molecule has 0 saturated heterocycles. The molecule has 2 rings (SSSR count). The van der Waals surface area contributed by atoms with Gasteiger partial charge in [-0.2, -0.15) is 0 Å². The number of amides is 2. The number of carbonyl (C=O) groups excluding carboxylic acids is 2. The summed E-state index contributed by atoms with van der Waals surface area (Å²) >= 11 is 3.49. The highest BCUT2D eigenvalue weighted by Crippen LogP contribution is 2.19. The van der Waals surface area contributed by atoms with Crippen LogP contribution in [0.4, 0.5) is 0 Å². The maximum absolute atomic E-state index is 13.1. The van der Waals surface area contributed by atoms with Gasteiger partial charge in [0.1, 0.15) is 6.04 Å². The van der Waals surface area contributed by atoms with Crippen molar-refractivity contribution in [3.8, 4) is 0 Å². The molecule has 0 unspecified atom stereocenters. The van der Waals surface area contributed by atoms with E-state index in [0.717, 1.165) is 22.0 Å². The molecular formula is C23H29BrN2O2. The van der Waals surface area contributed by atoms with Crippen molar-refractivity contribution in [1.29, 1.82) is 0 Å². The van der Waals surface area contributed by atoms with Crippen molar-refractivity contribution in [2.75, 3.05) is 0 Å². The quantitative estimate of drug-likeness (QED) is 0.608. The second-order valence-corrected chi connectivity index (χ2v) is 8.19. The van der Waals surface area contributed by atoms with E-state index in [1.165, 1.54) is 0 Å². The molecular weight excluding hydrogens is 416 g/mol. The van der Waals surface area contributed by atoms with E-state index in [2.05, 4.69) is 21.2 Å². The van der Waals surface area contributed by atoms with Crippen molar-refractivity contribution in [2.24, 2.45) is 0 Å². The van der Waals surface area contributed by atoms with Gasteiger partial charge in [0.05, 0.1) is 0 Å². The molecule has 0 aromatic heterocycles. The summed E-state index contributed by atoms with van der Waals surface area (Å²) < 4.78 is 0.958. The Morgan fingerprint density at radius 2 is 1.71 bits per heavy atom. The third-order valence-corrected chi connectivity index (χ3v) is 4.90. The number of halogens is 1. The Morgan fingerprint density at radius 1 is 1.04 bits per heavy atom. The summed E-state index contributed by atoms with van der Waals surface area (Å²) in [6, 6.07) is 17.2. The minimum Gasteiger partial charge on any atom is -0.352 e. The van der Waals surface area contributed by atoms with E-state index >= 15 is 0 Å². The largest absolute Gasteiger partial charge is 0.352 e. The molecule has 0 spiro atoms. The van der Waals surface area contributed by atoms with Gasteiger partial charge in [0, 0.05) is 29.9 Å². The van der Waals surface area contributed by atoms with Gasteiger partial charge in [-0.25, -0.2) is 0 Å². The monoisotopic (exact) mass is 444 g/mol. The summed E-state index contributed by atoms with van der Waals surface area (Å²) in [6.07, 6.45) is 1.66. The Morgan fingerprint density at radius 3 is 2.32 bits per heavy atom. The SMILES string of the molecule is CCCC(=O)N(Cc1cccc(Br)c1)[C@@H](Cc1ccccc1)C(=O)NC(C)C. The number of hydrogen-bond donors (Lipinski definition) is 1. The van der Waals surface area contributed by atoms with Crippen LogP contribution in [0, 0.1) is 0 Å². The van der Waals surface area contributed by atoms with E-state index in [1.54, 1.807) is 4.90 Å². The Kier molecular flexibility index (Phi) is 8.71. The first-order valence-corrected chi connectivity index (χ1v) is 10.6. The van der Waals surface area contributed by atoms with Gasteiger partial charge in [-0.05, 0) is 43.5 Å². The number of nitrogens with zero attached hydrogens (tertiary/aromatic N) is 1. The van der Waals surface area contributed by atoms with E-state index < -0.39 is 6.04 Å². The van der Waals surface area contributed by atoms with Crippen LogP contribution in [0.3, 0.4) is 0 Å². The molecule has 2 aromatic rings. The zero-order chi connectivity index (χ0) is 20.5. The predicted octanol–water partition coefficient (Wildman–Crippen LogP) is 4.71. The van der Waals surface area contributed by atoms with E-state index in [4.69, 9.17) is 0 Å². The van der Waals surface area contributed by atoms with Crippen LogP contribution in [0.1, 0.15) is 44.7 Å². The molecule has 28 heavy (non-hydrogen) atoms. The number of nitrogens with one attached hydrogen (secondary N) is 1. The van der Waals surface area contributed by atoms with Gasteiger partial charge in [0.2, 0.25) is 11.8 Å². The Bertz CT molecular complexity index is 777.